The molecule has 1 aromatic heterocycles. The number of aromatic nitrogens is 1. The molecule has 0 N–H and O–H groups in total. The summed E-state index contributed by atoms with van der Waals surface area (Å²) in [7, 11) is 0. The monoisotopic (exact) mass is 398 g/mol. The quantitative estimate of drug-likeness (QED) is 0.519. The van der Waals surface area contributed by atoms with E-state index in [1.807, 2.05) is 6.92 Å². The highest BCUT2D eigenvalue weighted by Crippen LogP contribution is 2.38. The van der Waals surface area contributed by atoms with Gasteiger partial charge in [-0.3, -0.25) is 14.5 Å². The number of halogens is 3. The van der Waals surface area contributed by atoms with E-state index in [1.165, 1.54) is 17.0 Å². The van der Waals surface area contributed by atoms with Crippen molar-refractivity contribution in [2.75, 3.05) is 13.2 Å². The molecule has 152 valence electrons. The van der Waals surface area contributed by atoms with Crippen molar-refractivity contribution in [2.45, 2.75) is 51.6 Å². The summed E-state index contributed by atoms with van der Waals surface area (Å²) in [4.78, 5) is 24.8. The Hall–Kier alpha value is -2.58. The van der Waals surface area contributed by atoms with Crippen LogP contribution in [0.3, 0.4) is 0 Å². The van der Waals surface area contributed by atoms with Crippen LogP contribution in [0.1, 0.15) is 50.3 Å². The van der Waals surface area contributed by atoms with Crippen LogP contribution in [0.5, 0.6) is 5.75 Å². The van der Waals surface area contributed by atoms with Gasteiger partial charge in [0.15, 0.2) is 11.3 Å². The van der Waals surface area contributed by atoms with E-state index in [-0.39, 0.29) is 35.9 Å². The average molecular weight is 398 g/mol. The highest BCUT2D eigenvalue weighted by Gasteiger charge is 2.37. The second-order valence-corrected chi connectivity index (χ2v) is 6.69. The first-order valence-electron chi connectivity index (χ1n) is 9.27. The number of rotatable bonds is 7. The Morgan fingerprint density at radius 1 is 1.21 bits per heavy atom. The van der Waals surface area contributed by atoms with Crippen molar-refractivity contribution >= 4 is 22.8 Å². The van der Waals surface area contributed by atoms with Crippen LogP contribution < -0.4 is 4.74 Å². The third-order valence-corrected chi connectivity index (χ3v) is 4.64. The van der Waals surface area contributed by atoms with Gasteiger partial charge in [0.2, 0.25) is 11.8 Å². The SMILES string of the molecule is CCCc1c(OCCCN2C(=O)CCCC2=O)ccc2c(C(F)(F)F)noc12. The number of alkyl halides is 3. The number of fused-ring (bicyclic) bond motifs is 1. The lowest BCUT2D eigenvalue weighted by atomic mass is 10.0. The van der Waals surface area contributed by atoms with Gasteiger partial charge in [0, 0.05) is 24.9 Å². The first-order chi connectivity index (χ1) is 13.3. The van der Waals surface area contributed by atoms with E-state index < -0.39 is 11.9 Å². The van der Waals surface area contributed by atoms with Gasteiger partial charge in [0.25, 0.3) is 0 Å². The van der Waals surface area contributed by atoms with Crippen molar-refractivity contribution < 1.29 is 32.0 Å². The molecule has 3 rings (SSSR count). The Morgan fingerprint density at radius 3 is 2.57 bits per heavy atom. The minimum absolute atomic E-state index is 0.0769. The Balaban J connectivity index is 1.71. The number of ether oxygens (including phenoxy) is 1. The summed E-state index contributed by atoms with van der Waals surface area (Å²) in [5.74, 6) is 0.0758. The van der Waals surface area contributed by atoms with Gasteiger partial charge >= 0.3 is 6.18 Å². The Bertz CT molecular complexity index is 860. The number of benzene rings is 1. The first-order valence-corrected chi connectivity index (χ1v) is 9.27. The molecule has 1 fully saturated rings. The predicted octanol–water partition coefficient (Wildman–Crippen LogP) is 4.11. The summed E-state index contributed by atoms with van der Waals surface area (Å²) in [6.07, 6.45) is -1.66. The molecule has 0 bridgehead atoms. The van der Waals surface area contributed by atoms with Crippen LogP contribution in [0.25, 0.3) is 11.0 Å². The van der Waals surface area contributed by atoms with Crippen molar-refractivity contribution in [1.82, 2.24) is 10.1 Å². The van der Waals surface area contributed by atoms with Crippen molar-refractivity contribution in [3.63, 3.8) is 0 Å². The highest BCUT2D eigenvalue weighted by atomic mass is 19.4. The summed E-state index contributed by atoms with van der Waals surface area (Å²) >= 11 is 0. The minimum Gasteiger partial charge on any atom is -0.493 e. The zero-order chi connectivity index (χ0) is 20.3. The maximum atomic E-state index is 13.0. The molecule has 9 heteroatoms. The standard InChI is InChI=1S/C19H21F3N2O4/c1-2-5-12-14(9-8-13-17(12)28-23-18(13)19(20,21)22)27-11-4-10-24-15(25)6-3-7-16(24)26/h8-9H,2-7,10-11H2,1H3. The smallest absolute Gasteiger partial charge is 0.437 e. The van der Waals surface area contributed by atoms with E-state index in [0.29, 0.717) is 49.8 Å². The molecule has 0 unspecified atom stereocenters. The number of hydrogen-bond acceptors (Lipinski definition) is 5. The summed E-state index contributed by atoms with van der Waals surface area (Å²) in [6, 6.07) is 2.78. The zero-order valence-corrected chi connectivity index (χ0v) is 15.5. The summed E-state index contributed by atoms with van der Waals surface area (Å²) < 4.78 is 49.9. The number of hydrogen-bond donors (Lipinski definition) is 0. The molecule has 0 spiro atoms. The zero-order valence-electron chi connectivity index (χ0n) is 15.5. The number of aryl methyl sites for hydroxylation is 1. The molecule has 1 aliphatic heterocycles. The van der Waals surface area contributed by atoms with Gasteiger partial charge in [0.1, 0.15) is 5.75 Å². The number of carbonyl (C=O) groups is 2. The maximum Gasteiger partial charge on any atom is 0.437 e. The Kier molecular flexibility index (Phi) is 5.90. The van der Waals surface area contributed by atoms with Gasteiger partial charge < -0.3 is 9.26 Å². The van der Waals surface area contributed by atoms with Crippen molar-refractivity contribution in [3.05, 3.63) is 23.4 Å². The number of carbonyl (C=O) groups excluding carboxylic acids is 2. The van der Waals surface area contributed by atoms with Crippen molar-refractivity contribution in [2.24, 2.45) is 0 Å². The summed E-state index contributed by atoms with van der Waals surface area (Å²) in [5, 5.41) is 3.10. The van der Waals surface area contributed by atoms with Crippen molar-refractivity contribution in [3.8, 4) is 5.75 Å². The normalized spacial score (nSPS) is 15.5. The second kappa shape index (κ2) is 8.20. The fourth-order valence-electron chi connectivity index (χ4n) is 3.32. The van der Waals surface area contributed by atoms with Crippen LogP contribution in [0.2, 0.25) is 0 Å². The highest BCUT2D eigenvalue weighted by molar-refractivity contribution is 5.97. The molecule has 0 atom stereocenters. The van der Waals surface area contributed by atoms with Gasteiger partial charge in [-0.2, -0.15) is 13.2 Å². The Labute approximate surface area is 159 Å². The van der Waals surface area contributed by atoms with E-state index in [9.17, 15) is 22.8 Å². The topological polar surface area (TPSA) is 72.6 Å². The molecule has 2 aromatic rings. The van der Waals surface area contributed by atoms with E-state index in [0.717, 1.165) is 0 Å². The molecule has 6 nitrogen and oxygen atoms in total. The Morgan fingerprint density at radius 2 is 1.93 bits per heavy atom. The van der Waals surface area contributed by atoms with Crippen LogP contribution in [0.15, 0.2) is 16.7 Å². The number of amides is 2. The molecule has 28 heavy (non-hydrogen) atoms. The van der Waals surface area contributed by atoms with E-state index in [1.54, 1.807) is 0 Å². The minimum atomic E-state index is -4.59. The van der Waals surface area contributed by atoms with Gasteiger partial charge in [0.05, 0.1) is 12.0 Å². The molecule has 2 heterocycles. The molecule has 0 saturated carbocycles. The molecule has 1 aliphatic rings. The number of likely N-dealkylation sites (tertiary alicyclic amines) is 1. The number of imide groups is 1. The van der Waals surface area contributed by atoms with Crippen molar-refractivity contribution in [1.29, 1.82) is 0 Å². The van der Waals surface area contributed by atoms with Gasteiger partial charge in [-0.05, 0) is 31.4 Å². The summed E-state index contributed by atoms with van der Waals surface area (Å²) in [5.41, 5.74) is -0.435. The van der Waals surface area contributed by atoms with E-state index in [2.05, 4.69) is 5.16 Å². The number of nitrogens with zero attached hydrogens (tertiary/aromatic N) is 2. The van der Waals surface area contributed by atoms with Crippen LogP contribution in [-0.4, -0.2) is 35.0 Å². The fraction of sp³-hybridized carbons (Fsp3) is 0.526. The van der Waals surface area contributed by atoms with Crippen LogP contribution >= 0.6 is 0 Å². The third-order valence-electron chi connectivity index (χ3n) is 4.64. The van der Waals surface area contributed by atoms with Crippen LogP contribution in [0.4, 0.5) is 13.2 Å². The van der Waals surface area contributed by atoms with Gasteiger partial charge in [-0.1, -0.05) is 18.5 Å². The maximum absolute atomic E-state index is 13.0. The lowest BCUT2D eigenvalue weighted by molar-refractivity contribution is -0.148. The van der Waals surface area contributed by atoms with Crippen LogP contribution in [-0.2, 0) is 22.2 Å². The predicted molar refractivity (Wildman–Crippen MR) is 93.7 cm³/mol. The molecular weight excluding hydrogens is 377 g/mol. The van der Waals surface area contributed by atoms with Crippen LogP contribution in [0, 0.1) is 0 Å². The van der Waals surface area contributed by atoms with Gasteiger partial charge in [-0.25, -0.2) is 0 Å². The van der Waals surface area contributed by atoms with E-state index >= 15 is 0 Å². The molecule has 1 aromatic carbocycles. The molecule has 1 saturated heterocycles. The third kappa shape index (κ3) is 4.13. The summed E-state index contributed by atoms with van der Waals surface area (Å²) in [6.45, 7) is 2.39. The fourth-order valence-corrected chi connectivity index (χ4v) is 3.32. The lowest BCUT2D eigenvalue weighted by Crippen LogP contribution is -2.41. The van der Waals surface area contributed by atoms with Gasteiger partial charge in [-0.15, -0.1) is 0 Å². The average Bonchev–Trinajstić information content (AvgIpc) is 3.07. The number of piperidine rings is 1. The molecule has 0 aliphatic carbocycles. The lowest BCUT2D eigenvalue weighted by Gasteiger charge is -2.24. The molecule has 2 amide bonds. The van der Waals surface area contributed by atoms with E-state index in [4.69, 9.17) is 9.26 Å². The first kappa shape index (κ1) is 20.2. The molecule has 0 radical (unpaired) electrons. The molecular formula is C19H21F3N2O4. The second-order valence-electron chi connectivity index (χ2n) is 6.69. The largest absolute Gasteiger partial charge is 0.493 e.